The summed E-state index contributed by atoms with van der Waals surface area (Å²) in [6.07, 6.45) is 0.325. The van der Waals surface area contributed by atoms with Gasteiger partial charge in [-0.15, -0.1) is 0 Å². The molecule has 3 aromatic rings. The number of ether oxygens (including phenoxy) is 4. The molecule has 2 aliphatic rings. The summed E-state index contributed by atoms with van der Waals surface area (Å²) in [5.41, 5.74) is 5.17. The quantitative estimate of drug-likeness (QED) is 0.201. The summed E-state index contributed by atoms with van der Waals surface area (Å²) in [6.45, 7) is 8.91. The van der Waals surface area contributed by atoms with E-state index < -0.39 is 49.5 Å². The van der Waals surface area contributed by atoms with Crippen molar-refractivity contribution < 1.29 is 37.4 Å². The molecule has 0 radical (unpaired) electrons. The number of nitrogens with zero attached hydrogens (tertiary/aromatic N) is 4. The number of nitrogen functional groups attached to an aromatic ring is 1. The van der Waals surface area contributed by atoms with E-state index in [1.165, 1.54) is 17.8 Å². The van der Waals surface area contributed by atoms with E-state index >= 15 is 0 Å². The van der Waals surface area contributed by atoms with Gasteiger partial charge in [-0.1, -0.05) is 44.9 Å². The molecular formula is C30H39N6O8P. The van der Waals surface area contributed by atoms with E-state index in [1.807, 2.05) is 13.8 Å². The fourth-order valence-electron chi connectivity index (χ4n) is 5.49. The second kappa shape index (κ2) is 13.0. The number of benzene rings is 1. The van der Waals surface area contributed by atoms with Crippen molar-refractivity contribution in [1.82, 2.24) is 19.7 Å². The molecule has 3 N–H and O–H groups in total. The van der Waals surface area contributed by atoms with Crippen LogP contribution >= 0.6 is 7.75 Å². The van der Waals surface area contributed by atoms with Gasteiger partial charge in [0.2, 0.25) is 5.60 Å². The largest absolute Gasteiger partial charge is 0.464 e. The Morgan fingerprint density at radius 3 is 2.60 bits per heavy atom. The number of anilines is 1. The number of fused-ring (bicyclic) bond motifs is 2. The SMILES string of the molecule is CCC(CC)COC(=O)[C@H](C)N[P@@](=O)(OC[C@H]1O[C@@](C#N)(c2ccc3c(N)ncnn23)C2OC(C)(C)O[C@H]21)Oc1ccccc1. The molecule has 2 aliphatic heterocycles. The molecular weight excluding hydrogens is 603 g/mol. The highest BCUT2D eigenvalue weighted by Gasteiger charge is 2.65. The molecule has 15 heteroatoms. The van der Waals surface area contributed by atoms with Crippen molar-refractivity contribution >= 4 is 25.1 Å². The highest BCUT2D eigenvalue weighted by molar-refractivity contribution is 7.52. The van der Waals surface area contributed by atoms with Crippen LogP contribution in [0.2, 0.25) is 0 Å². The number of carbonyl (C=O) groups excluding carboxylic acids is 1. The Labute approximate surface area is 261 Å². The smallest absolute Gasteiger partial charge is 0.459 e. The predicted molar refractivity (Wildman–Crippen MR) is 162 cm³/mol. The van der Waals surface area contributed by atoms with Gasteiger partial charge in [0.05, 0.1) is 18.9 Å². The summed E-state index contributed by atoms with van der Waals surface area (Å²) in [5, 5.41) is 17.6. The molecule has 1 aromatic carbocycles. The number of aromatic nitrogens is 3. The number of nitrogens with one attached hydrogen (secondary N) is 1. The van der Waals surface area contributed by atoms with Gasteiger partial charge in [-0.2, -0.15) is 15.4 Å². The van der Waals surface area contributed by atoms with Crippen LogP contribution in [0.1, 0.15) is 53.2 Å². The fraction of sp³-hybridized carbons (Fsp3) is 0.533. The van der Waals surface area contributed by atoms with Crippen LogP contribution in [0.3, 0.4) is 0 Å². The Morgan fingerprint density at radius 2 is 1.91 bits per heavy atom. The normalized spacial score (nSPS) is 25.8. The van der Waals surface area contributed by atoms with E-state index in [1.54, 1.807) is 56.3 Å². The summed E-state index contributed by atoms with van der Waals surface area (Å²) < 4.78 is 51.7. The lowest BCUT2D eigenvalue weighted by atomic mass is 9.92. The zero-order valence-electron chi connectivity index (χ0n) is 25.9. The van der Waals surface area contributed by atoms with E-state index in [0.29, 0.717) is 11.2 Å². The van der Waals surface area contributed by atoms with Gasteiger partial charge in [0, 0.05) is 0 Å². The first-order valence-corrected chi connectivity index (χ1v) is 16.5. The molecule has 45 heavy (non-hydrogen) atoms. The minimum atomic E-state index is -4.24. The van der Waals surface area contributed by atoms with Gasteiger partial charge in [0.1, 0.15) is 48.0 Å². The Balaban J connectivity index is 1.40. The molecule has 2 fully saturated rings. The number of hydrogen-bond acceptors (Lipinski definition) is 12. The fourth-order valence-corrected chi connectivity index (χ4v) is 6.99. The van der Waals surface area contributed by atoms with Crippen LogP contribution in [-0.2, 0) is 38.4 Å². The first kappa shape index (κ1) is 32.8. The number of para-hydroxylation sites is 1. The van der Waals surface area contributed by atoms with E-state index in [2.05, 4.69) is 21.2 Å². The van der Waals surface area contributed by atoms with Crippen LogP contribution in [0.15, 0.2) is 48.8 Å². The maximum atomic E-state index is 14.2. The molecule has 0 bridgehead atoms. The summed E-state index contributed by atoms with van der Waals surface area (Å²) in [6, 6.07) is 13.0. The molecule has 1 unspecified atom stereocenters. The van der Waals surface area contributed by atoms with Crippen LogP contribution < -0.4 is 15.3 Å². The Kier molecular flexibility index (Phi) is 9.51. The van der Waals surface area contributed by atoms with E-state index in [4.69, 9.17) is 33.7 Å². The standard InChI is InChI=1S/C30H39N6O8P/c1-6-20(7-2)15-39-28(37)19(3)35-45(38,44-21-11-9-8-10-12-21)40-16-23-25-26(43-29(4,5)42-25)30(17-31,41-23)24-14-13-22-27(32)33-18-34-36(22)24/h8-14,18-20,23,25-26H,6-7,15-16H2,1-5H3,(H,35,38)(H2,32,33,34)/t19-,23+,25-,26?,30-,45+/m0/s1. The molecule has 5 rings (SSSR count). The molecule has 4 heterocycles. The molecule has 242 valence electrons. The van der Waals surface area contributed by atoms with Gasteiger partial charge in [0.15, 0.2) is 11.6 Å². The minimum Gasteiger partial charge on any atom is -0.464 e. The van der Waals surface area contributed by atoms with Crippen molar-refractivity contribution in [2.75, 3.05) is 18.9 Å². The lowest BCUT2D eigenvalue weighted by Gasteiger charge is -2.29. The van der Waals surface area contributed by atoms with Gasteiger partial charge in [-0.3, -0.25) is 9.32 Å². The summed E-state index contributed by atoms with van der Waals surface area (Å²) in [4.78, 5) is 16.9. The molecule has 0 aliphatic carbocycles. The second-order valence-electron chi connectivity index (χ2n) is 11.5. The van der Waals surface area contributed by atoms with Crippen molar-refractivity contribution in [3.63, 3.8) is 0 Å². The third kappa shape index (κ3) is 6.70. The summed E-state index contributed by atoms with van der Waals surface area (Å²) in [7, 11) is -4.24. The molecule has 2 saturated heterocycles. The van der Waals surface area contributed by atoms with Crippen LogP contribution in [0.5, 0.6) is 5.75 Å². The van der Waals surface area contributed by atoms with Gasteiger partial charge in [0.25, 0.3) is 0 Å². The van der Waals surface area contributed by atoms with Crippen molar-refractivity contribution in [1.29, 1.82) is 5.26 Å². The molecule has 0 amide bonds. The Hall–Kier alpha value is -3.57. The van der Waals surface area contributed by atoms with Crippen molar-refractivity contribution in [2.24, 2.45) is 5.92 Å². The topological polar surface area (TPSA) is 182 Å². The summed E-state index contributed by atoms with van der Waals surface area (Å²) in [5.74, 6) is -0.980. The number of carbonyl (C=O) groups is 1. The van der Waals surface area contributed by atoms with Gasteiger partial charge < -0.3 is 29.2 Å². The van der Waals surface area contributed by atoms with E-state index in [9.17, 15) is 14.6 Å². The molecule has 6 atom stereocenters. The van der Waals surface area contributed by atoms with Crippen molar-refractivity contribution in [3.8, 4) is 11.8 Å². The maximum Gasteiger partial charge on any atom is 0.459 e. The number of nitrogens with two attached hydrogens (primary N) is 1. The lowest BCUT2D eigenvalue weighted by Crippen LogP contribution is -2.40. The van der Waals surface area contributed by atoms with Crippen molar-refractivity contribution in [2.45, 2.75) is 83.2 Å². The highest BCUT2D eigenvalue weighted by Crippen LogP contribution is 2.51. The van der Waals surface area contributed by atoms with Gasteiger partial charge in [-0.25, -0.2) is 14.1 Å². The molecule has 0 spiro atoms. The predicted octanol–water partition coefficient (Wildman–Crippen LogP) is 4.11. The third-order valence-electron chi connectivity index (χ3n) is 7.96. The Bertz CT molecular complexity index is 1590. The molecule has 14 nitrogen and oxygen atoms in total. The lowest BCUT2D eigenvalue weighted by molar-refractivity contribution is -0.204. The molecule has 0 saturated carbocycles. The van der Waals surface area contributed by atoms with E-state index in [0.717, 1.165) is 12.8 Å². The average Bonchev–Trinajstić information content (AvgIpc) is 3.68. The number of hydrogen-bond donors (Lipinski definition) is 2. The minimum absolute atomic E-state index is 0.219. The first-order valence-electron chi connectivity index (χ1n) is 14.9. The monoisotopic (exact) mass is 642 g/mol. The highest BCUT2D eigenvalue weighted by atomic mass is 31.2. The van der Waals surface area contributed by atoms with E-state index in [-0.39, 0.29) is 30.7 Å². The summed E-state index contributed by atoms with van der Waals surface area (Å²) >= 11 is 0. The third-order valence-corrected chi connectivity index (χ3v) is 9.60. The van der Waals surface area contributed by atoms with Gasteiger partial charge in [-0.05, 0) is 51.0 Å². The maximum absolute atomic E-state index is 14.2. The Morgan fingerprint density at radius 1 is 1.18 bits per heavy atom. The first-order chi connectivity index (χ1) is 21.4. The average molecular weight is 643 g/mol. The van der Waals surface area contributed by atoms with Crippen LogP contribution in [-0.4, -0.2) is 63.9 Å². The van der Waals surface area contributed by atoms with Crippen LogP contribution in [0.25, 0.3) is 5.52 Å². The molecule has 2 aromatic heterocycles. The number of esters is 1. The van der Waals surface area contributed by atoms with Crippen LogP contribution in [0, 0.1) is 17.2 Å². The second-order valence-corrected chi connectivity index (χ2v) is 13.2. The van der Waals surface area contributed by atoms with Crippen LogP contribution in [0.4, 0.5) is 5.82 Å². The number of nitriles is 1. The van der Waals surface area contributed by atoms with Gasteiger partial charge >= 0.3 is 13.7 Å². The number of rotatable bonds is 13. The zero-order valence-corrected chi connectivity index (χ0v) is 26.8. The van der Waals surface area contributed by atoms with Crippen molar-refractivity contribution in [3.05, 3.63) is 54.5 Å². The zero-order chi connectivity index (χ0) is 32.4.